The van der Waals surface area contributed by atoms with Crippen LogP contribution in [0.3, 0.4) is 0 Å². The first-order chi connectivity index (χ1) is 20.8. The number of hydrogen-bond donors (Lipinski definition) is 2. The molecule has 0 saturated carbocycles. The lowest BCUT2D eigenvalue weighted by atomic mass is 9.81. The van der Waals surface area contributed by atoms with E-state index >= 15 is 0 Å². The van der Waals surface area contributed by atoms with Crippen LogP contribution in [0.25, 0.3) is 0 Å². The molecule has 0 heterocycles. The van der Waals surface area contributed by atoms with Crippen molar-refractivity contribution >= 4 is 11.7 Å². The Labute approximate surface area is 252 Å². The van der Waals surface area contributed by atoms with Crippen LogP contribution in [0.1, 0.15) is 23.6 Å². The van der Waals surface area contributed by atoms with Crippen LogP contribution in [0.5, 0.6) is 17.2 Å². The van der Waals surface area contributed by atoms with E-state index in [0.29, 0.717) is 34.9 Å². The summed E-state index contributed by atoms with van der Waals surface area (Å²) in [7, 11) is 6.09. The van der Waals surface area contributed by atoms with E-state index in [1.54, 1.807) is 28.3 Å². The van der Waals surface area contributed by atoms with Gasteiger partial charge in [0.15, 0.2) is 23.5 Å². The molecule has 0 fully saturated rings. The Hall–Kier alpha value is -4.54. The van der Waals surface area contributed by atoms with Gasteiger partial charge in [0.05, 0.1) is 35.0 Å². The molecule has 0 amide bonds. The van der Waals surface area contributed by atoms with Gasteiger partial charge in [0, 0.05) is 18.2 Å². The van der Waals surface area contributed by atoms with Crippen LogP contribution < -0.4 is 19.9 Å². The van der Waals surface area contributed by atoms with Crippen LogP contribution in [0.4, 0.5) is 0 Å². The molecular weight excluding hydrogens is 552 g/mol. The Morgan fingerprint density at radius 3 is 2.07 bits per heavy atom. The Balaban J connectivity index is 2.03. The Morgan fingerprint density at radius 2 is 1.53 bits per heavy atom. The highest BCUT2D eigenvalue weighted by atomic mass is 16.6. The summed E-state index contributed by atoms with van der Waals surface area (Å²) in [6, 6.07) is 22.5. The molecule has 10 nitrogen and oxygen atoms in total. The number of nitrogens with two attached hydrogens (primary N) is 1. The number of carboxylic acid groups (broad SMARTS) is 1. The zero-order chi connectivity index (χ0) is 31.2. The average molecular weight is 593 g/mol. The molecule has 0 radical (unpaired) electrons. The molecule has 230 valence electrons. The fraction of sp³-hybridized carbons (Fsp3) is 0.333. The maximum absolute atomic E-state index is 12.9. The third kappa shape index (κ3) is 8.73. The fourth-order valence-electron chi connectivity index (χ4n) is 4.74. The van der Waals surface area contributed by atoms with E-state index < -0.39 is 17.7 Å². The SMILES string of the molecule is CO/C(N)=C/C(C)=N\CO[C@H](C(=O)O)C(Cc1ccccc1)(OCCc1cc(OC)c(OC)c(OC)c1)c1ccccc1. The minimum atomic E-state index is -1.42. The van der Waals surface area contributed by atoms with E-state index in [4.69, 9.17) is 34.2 Å². The lowest BCUT2D eigenvalue weighted by Gasteiger charge is -2.39. The smallest absolute Gasteiger partial charge is 0.336 e. The molecule has 10 heteroatoms. The second kappa shape index (κ2) is 16.2. The van der Waals surface area contributed by atoms with Crippen LogP contribution in [-0.4, -0.2) is 64.7 Å². The van der Waals surface area contributed by atoms with Gasteiger partial charge in [0.1, 0.15) is 12.3 Å². The van der Waals surface area contributed by atoms with Crippen molar-refractivity contribution in [3.05, 3.63) is 101 Å². The molecule has 0 aliphatic heterocycles. The fourth-order valence-corrected chi connectivity index (χ4v) is 4.74. The molecule has 0 spiro atoms. The number of benzene rings is 3. The van der Waals surface area contributed by atoms with E-state index in [0.717, 1.165) is 11.1 Å². The van der Waals surface area contributed by atoms with Crippen LogP contribution >= 0.6 is 0 Å². The summed E-state index contributed by atoms with van der Waals surface area (Å²) in [5.41, 5.74) is 7.20. The predicted octanol–water partition coefficient (Wildman–Crippen LogP) is 4.74. The lowest BCUT2D eigenvalue weighted by molar-refractivity contribution is -0.185. The van der Waals surface area contributed by atoms with Crippen LogP contribution in [0.2, 0.25) is 0 Å². The first-order valence-corrected chi connectivity index (χ1v) is 13.7. The predicted molar refractivity (Wildman–Crippen MR) is 164 cm³/mol. The number of allylic oxidation sites excluding steroid dienone is 1. The Bertz CT molecular complexity index is 1350. The lowest BCUT2D eigenvalue weighted by Crippen LogP contribution is -2.50. The number of aliphatic carboxylic acids is 1. The number of nitrogens with zero attached hydrogens (tertiary/aromatic N) is 1. The van der Waals surface area contributed by atoms with Gasteiger partial charge in [-0.3, -0.25) is 4.99 Å². The standard InChI is InChI=1S/C33H40N2O8/c1-23(18-29(34)40-4)35-22-42-31(32(36)37)33(26-14-10-7-11-15-26,21-24-12-8-6-9-13-24)43-17-16-25-19-27(38-2)30(41-5)28(20-25)39-3/h6-15,18-20,31H,16-17,21-22,34H2,1-5H3,(H,36,37)/b29-18+,35-23-/t31-,33?/m1/s1. The Morgan fingerprint density at radius 1 is 0.930 bits per heavy atom. The molecule has 1 unspecified atom stereocenters. The minimum Gasteiger partial charge on any atom is -0.493 e. The highest BCUT2D eigenvalue weighted by Crippen LogP contribution is 2.39. The maximum atomic E-state index is 12.9. The van der Waals surface area contributed by atoms with Gasteiger partial charge in [-0.05, 0) is 42.2 Å². The normalized spacial score (nSPS) is 14.0. The minimum absolute atomic E-state index is 0.156. The molecule has 0 saturated heterocycles. The van der Waals surface area contributed by atoms with Crippen molar-refractivity contribution in [2.45, 2.75) is 31.5 Å². The molecule has 0 aromatic heterocycles. The molecule has 0 bridgehead atoms. The molecule has 3 aromatic rings. The summed E-state index contributed by atoms with van der Waals surface area (Å²) in [6.07, 6.45) is 0.755. The summed E-state index contributed by atoms with van der Waals surface area (Å²) >= 11 is 0. The van der Waals surface area contributed by atoms with Crippen LogP contribution in [0, 0.1) is 0 Å². The quantitative estimate of drug-likeness (QED) is 0.168. The molecule has 43 heavy (non-hydrogen) atoms. The summed E-state index contributed by atoms with van der Waals surface area (Å²) < 4.78 is 34.1. The van der Waals surface area contributed by atoms with Gasteiger partial charge < -0.3 is 39.3 Å². The summed E-state index contributed by atoms with van der Waals surface area (Å²) in [4.78, 5) is 17.3. The molecule has 0 aliphatic rings. The summed E-state index contributed by atoms with van der Waals surface area (Å²) in [5.74, 6) is 0.494. The van der Waals surface area contributed by atoms with E-state index in [9.17, 15) is 9.90 Å². The van der Waals surface area contributed by atoms with Crippen LogP contribution in [0.15, 0.2) is 89.7 Å². The zero-order valence-electron chi connectivity index (χ0n) is 25.2. The van der Waals surface area contributed by atoms with E-state index in [1.165, 1.54) is 13.2 Å². The number of carbonyl (C=O) groups is 1. The first kappa shape index (κ1) is 33.0. The van der Waals surface area contributed by atoms with Gasteiger partial charge in [0.25, 0.3) is 0 Å². The zero-order valence-corrected chi connectivity index (χ0v) is 25.2. The highest BCUT2D eigenvalue weighted by Gasteiger charge is 2.47. The molecular formula is C33H40N2O8. The number of methoxy groups -OCH3 is 4. The molecule has 3 N–H and O–H groups in total. The van der Waals surface area contributed by atoms with Gasteiger partial charge in [-0.15, -0.1) is 0 Å². The van der Waals surface area contributed by atoms with Crippen LogP contribution in [-0.2, 0) is 37.4 Å². The van der Waals surface area contributed by atoms with E-state index in [1.807, 2.05) is 72.8 Å². The van der Waals surface area contributed by atoms with Crippen molar-refractivity contribution in [1.82, 2.24) is 0 Å². The largest absolute Gasteiger partial charge is 0.493 e. The summed E-state index contributed by atoms with van der Waals surface area (Å²) in [5, 5.41) is 10.6. The third-order valence-corrected chi connectivity index (χ3v) is 6.84. The Kier molecular flexibility index (Phi) is 12.4. The van der Waals surface area contributed by atoms with Crippen molar-refractivity contribution < 1.29 is 38.3 Å². The number of aliphatic imine (C=N–C) groups is 1. The number of carboxylic acids is 1. The molecule has 2 atom stereocenters. The van der Waals surface area contributed by atoms with Crippen molar-refractivity contribution in [3.63, 3.8) is 0 Å². The van der Waals surface area contributed by atoms with Crippen molar-refractivity contribution in [3.8, 4) is 17.2 Å². The molecule has 3 rings (SSSR count). The van der Waals surface area contributed by atoms with Gasteiger partial charge in [-0.1, -0.05) is 60.7 Å². The van der Waals surface area contributed by atoms with Gasteiger partial charge in [-0.2, -0.15) is 0 Å². The highest BCUT2D eigenvalue weighted by molar-refractivity contribution is 5.93. The maximum Gasteiger partial charge on any atom is 0.336 e. The first-order valence-electron chi connectivity index (χ1n) is 13.7. The molecule has 3 aromatic carbocycles. The number of hydrogen-bond acceptors (Lipinski definition) is 9. The number of rotatable bonds is 17. The second-order valence-corrected chi connectivity index (χ2v) is 9.61. The van der Waals surface area contributed by atoms with Gasteiger partial charge >= 0.3 is 5.97 Å². The topological polar surface area (TPSA) is 131 Å². The van der Waals surface area contributed by atoms with Crippen molar-refractivity contribution in [1.29, 1.82) is 0 Å². The number of ether oxygens (including phenoxy) is 6. The van der Waals surface area contributed by atoms with Crippen molar-refractivity contribution in [2.75, 3.05) is 41.8 Å². The third-order valence-electron chi connectivity index (χ3n) is 6.84. The van der Waals surface area contributed by atoms with Crippen molar-refractivity contribution in [2.24, 2.45) is 10.7 Å². The van der Waals surface area contributed by atoms with Gasteiger partial charge in [0.2, 0.25) is 5.75 Å². The van der Waals surface area contributed by atoms with E-state index in [-0.39, 0.29) is 25.6 Å². The average Bonchev–Trinajstić information content (AvgIpc) is 3.02. The second-order valence-electron chi connectivity index (χ2n) is 9.61. The molecule has 0 aliphatic carbocycles. The summed E-state index contributed by atoms with van der Waals surface area (Å²) in [6.45, 7) is 1.63. The monoisotopic (exact) mass is 592 g/mol. The van der Waals surface area contributed by atoms with Gasteiger partial charge in [-0.25, -0.2) is 4.79 Å². The van der Waals surface area contributed by atoms with E-state index in [2.05, 4.69) is 4.99 Å².